The third-order valence-electron chi connectivity index (χ3n) is 6.31. The number of amidine groups is 1. The molecule has 4 aromatic rings. The Kier molecular flexibility index (Phi) is 5.47. The van der Waals surface area contributed by atoms with Crippen molar-refractivity contribution >= 4 is 23.0 Å². The van der Waals surface area contributed by atoms with Gasteiger partial charge in [-0.25, -0.2) is 10.00 Å². The fourth-order valence-corrected chi connectivity index (χ4v) is 4.65. The molecule has 0 spiro atoms. The second kappa shape index (κ2) is 8.78. The number of ether oxygens (including phenoxy) is 1. The molecule has 1 aliphatic carbocycles. The van der Waals surface area contributed by atoms with E-state index in [9.17, 15) is 0 Å². The van der Waals surface area contributed by atoms with Crippen molar-refractivity contribution in [3.8, 4) is 11.5 Å². The van der Waals surface area contributed by atoms with Crippen molar-refractivity contribution in [3.05, 3.63) is 94.3 Å². The molecule has 2 aromatic carbocycles. The van der Waals surface area contributed by atoms with Gasteiger partial charge in [0.15, 0.2) is 11.6 Å². The molecule has 2 aromatic heterocycles. The van der Waals surface area contributed by atoms with E-state index < -0.39 is 0 Å². The van der Waals surface area contributed by atoms with Crippen molar-refractivity contribution in [2.75, 3.05) is 6.61 Å². The Bertz CT molecular complexity index is 1390. The van der Waals surface area contributed by atoms with Gasteiger partial charge in [0.2, 0.25) is 0 Å². The predicted molar refractivity (Wildman–Crippen MR) is 133 cm³/mol. The minimum atomic E-state index is -0.0661. The van der Waals surface area contributed by atoms with Crippen LogP contribution in [-0.2, 0) is 11.3 Å². The van der Waals surface area contributed by atoms with Crippen LogP contribution in [0.5, 0.6) is 11.5 Å². The molecule has 6 nitrogen and oxygen atoms in total. The van der Waals surface area contributed by atoms with E-state index in [1.807, 2.05) is 37.4 Å². The molecule has 0 unspecified atom stereocenters. The summed E-state index contributed by atoms with van der Waals surface area (Å²) in [7, 11) is 0. The first-order valence-corrected chi connectivity index (χ1v) is 12.0. The summed E-state index contributed by atoms with van der Waals surface area (Å²) < 4.78 is 8.19. The van der Waals surface area contributed by atoms with Crippen molar-refractivity contribution in [1.29, 1.82) is 0 Å². The van der Waals surface area contributed by atoms with E-state index in [-0.39, 0.29) is 6.04 Å². The lowest BCUT2D eigenvalue weighted by Crippen LogP contribution is -2.37. The number of rotatable bonds is 6. The number of benzene rings is 2. The van der Waals surface area contributed by atoms with Crippen LogP contribution in [0.25, 0.3) is 5.52 Å². The first kappa shape index (κ1) is 21.2. The maximum atomic E-state index is 6.48. The molecule has 0 bridgehead atoms. The van der Waals surface area contributed by atoms with Crippen molar-refractivity contribution in [3.63, 3.8) is 0 Å². The summed E-state index contributed by atoms with van der Waals surface area (Å²) in [4.78, 5) is 10.7. The fraction of sp³-hybridized carbons (Fsp3) is 0.259. The van der Waals surface area contributed by atoms with Gasteiger partial charge < -0.3 is 4.74 Å². The molecule has 2 aliphatic rings. The number of halogens is 1. The molecule has 0 amide bonds. The van der Waals surface area contributed by atoms with Gasteiger partial charge in [0, 0.05) is 11.2 Å². The number of fused-ring (bicyclic) bond motifs is 1. The average Bonchev–Trinajstić information content (AvgIpc) is 3.59. The highest BCUT2D eigenvalue weighted by Gasteiger charge is 2.25. The number of aromatic nitrogens is 2. The van der Waals surface area contributed by atoms with E-state index in [0.717, 1.165) is 33.0 Å². The van der Waals surface area contributed by atoms with Gasteiger partial charge >= 0.3 is 0 Å². The highest BCUT2D eigenvalue weighted by atomic mass is 35.5. The van der Waals surface area contributed by atoms with Gasteiger partial charge in [-0.1, -0.05) is 35.9 Å². The van der Waals surface area contributed by atoms with Gasteiger partial charge in [-0.05, 0) is 79.1 Å². The van der Waals surface area contributed by atoms with Gasteiger partial charge in [0.1, 0.15) is 5.75 Å². The molecule has 172 valence electrons. The Labute approximate surface area is 203 Å². The smallest absolute Gasteiger partial charge is 0.156 e. The topological polar surface area (TPSA) is 60.2 Å². The molecular formula is C27H25ClN4O2. The van der Waals surface area contributed by atoms with Crippen LogP contribution < -0.4 is 10.2 Å². The third kappa shape index (κ3) is 4.39. The molecule has 0 saturated heterocycles. The number of nitrogens with one attached hydrogen (secondary N) is 1. The van der Waals surface area contributed by atoms with E-state index in [0.29, 0.717) is 30.5 Å². The first-order chi connectivity index (χ1) is 16.6. The lowest BCUT2D eigenvalue weighted by atomic mass is 10.0. The zero-order chi connectivity index (χ0) is 23.1. The maximum absolute atomic E-state index is 6.48. The second-order valence-electron chi connectivity index (χ2n) is 9.04. The molecule has 1 N–H and O–H groups in total. The Morgan fingerprint density at radius 2 is 2.06 bits per heavy atom. The summed E-state index contributed by atoms with van der Waals surface area (Å²) in [6.45, 7) is 2.50. The van der Waals surface area contributed by atoms with E-state index in [1.165, 1.54) is 18.4 Å². The second-order valence-corrected chi connectivity index (χ2v) is 9.45. The monoisotopic (exact) mass is 472 g/mol. The molecule has 34 heavy (non-hydrogen) atoms. The van der Waals surface area contributed by atoms with Crippen LogP contribution in [0, 0.1) is 6.92 Å². The summed E-state index contributed by atoms with van der Waals surface area (Å²) in [5, 5.41) is 5.14. The Hall–Kier alpha value is -3.35. The van der Waals surface area contributed by atoms with Crippen LogP contribution in [0.15, 0.2) is 72.0 Å². The molecule has 1 saturated carbocycles. The minimum Gasteiger partial charge on any atom is -0.455 e. The van der Waals surface area contributed by atoms with Crippen LogP contribution >= 0.6 is 11.6 Å². The van der Waals surface area contributed by atoms with Crippen LogP contribution in [0.2, 0.25) is 5.02 Å². The molecule has 1 aliphatic heterocycles. The molecule has 6 rings (SSSR count). The largest absolute Gasteiger partial charge is 0.455 e. The number of aryl methyl sites for hydroxylation is 1. The predicted octanol–water partition coefficient (Wildman–Crippen LogP) is 5.86. The van der Waals surface area contributed by atoms with Crippen LogP contribution in [0.3, 0.4) is 0 Å². The van der Waals surface area contributed by atoms with Crippen LogP contribution in [0.4, 0.5) is 0 Å². The van der Waals surface area contributed by atoms with Crippen molar-refractivity contribution in [1.82, 2.24) is 15.1 Å². The van der Waals surface area contributed by atoms with E-state index in [1.54, 1.807) is 10.7 Å². The number of hydroxylamine groups is 1. The zero-order valence-electron chi connectivity index (χ0n) is 18.9. The summed E-state index contributed by atoms with van der Waals surface area (Å²) >= 11 is 6.48. The zero-order valence-corrected chi connectivity index (χ0v) is 19.6. The molecule has 7 heteroatoms. The molecular weight excluding hydrogens is 448 g/mol. The lowest BCUT2D eigenvalue weighted by Gasteiger charge is -2.23. The Morgan fingerprint density at radius 3 is 2.91 bits per heavy atom. The number of pyridine rings is 1. The van der Waals surface area contributed by atoms with Crippen molar-refractivity contribution < 1.29 is 9.57 Å². The average molecular weight is 473 g/mol. The molecule has 3 heterocycles. The summed E-state index contributed by atoms with van der Waals surface area (Å²) in [5.74, 6) is 2.76. The Balaban J connectivity index is 1.34. The minimum absolute atomic E-state index is 0.0661. The number of hydrogen-bond donors (Lipinski definition) is 1. The van der Waals surface area contributed by atoms with Crippen molar-refractivity contribution in [2.45, 2.75) is 38.1 Å². The molecule has 1 atom stereocenters. The Morgan fingerprint density at radius 1 is 1.15 bits per heavy atom. The van der Waals surface area contributed by atoms with E-state index >= 15 is 0 Å². The number of nitrogens with zero attached hydrogens (tertiary/aromatic N) is 3. The van der Waals surface area contributed by atoms with Gasteiger partial charge in [0.05, 0.1) is 29.9 Å². The van der Waals surface area contributed by atoms with E-state index in [4.69, 9.17) is 26.2 Å². The standard InChI is InChI=1S/C27H25ClN4O2/c1-17-5-6-20(25(28)11-17)12-21-16-33-31-27(30-21)24-14-22-9-10-29-32(22)15-26(24)34-23-4-2-3-19(13-23)18-7-8-18/h2-6,9-11,13-15,18,21H,7-8,12,16H2,1H3,(H,30,31)/t21-/m1/s1. The normalized spacial score (nSPS) is 17.9. The van der Waals surface area contributed by atoms with Gasteiger partial charge in [-0.2, -0.15) is 5.10 Å². The quantitative estimate of drug-likeness (QED) is 0.382. The first-order valence-electron chi connectivity index (χ1n) is 11.6. The maximum Gasteiger partial charge on any atom is 0.156 e. The lowest BCUT2D eigenvalue weighted by molar-refractivity contribution is 0.0623. The molecule has 1 fully saturated rings. The van der Waals surface area contributed by atoms with Crippen molar-refractivity contribution in [2.24, 2.45) is 4.99 Å². The highest BCUT2D eigenvalue weighted by molar-refractivity contribution is 6.31. The number of hydrogen-bond acceptors (Lipinski definition) is 5. The fourth-order valence-electron chi connectivity index (χ4n) is 4.34. The van der Waals surface area contributed by atoms with Crippen LogP contribution in [0.1, 0.15) is 41.0 Å². The third-order valence-corrected chi connectivity index (χ3v) is 6.66. The van der Waals surface area contributed by atoms with Gasteiger partial charge in [-0.3, -0.25) is 9.83 Å². The molecule has 0 radical (unpaired) electrons. The number of aliphatic imine (C=N–C) groups is 1. The van der Waals surface area contributed by atoms with Gasteiger partial charge in [0.25, 0.3) is 0 Å². The summed E-state index contributed by atoms with van der Waals surface area (Å²) in [6.07, 6.45) is 6.85. The summed E-state index contributed by atoms with van der Waals surface area (Å²) in [6, 6.07) is 18.4. The SMILES string of the molecule is Cc1ccc(C[C@@H]2CONC(c3cc4ccnn4cc3Oc3cccc(C4CC4)c3)=N2)c(Cl)c1. The summed E-state index contributed by atoms with van der Waals surface area (Å²) in [5.41, 5.74) is 8.30. The van der Waals surface area contributed by atoms with Crippen LogP contribution in [-0.4, -0.2) is 28.1 Å². The highest BCUT2D eigenvalue weighted by Crippen LogP contribution is 2.41. The van der Waals surface area contributed by atoms with Gasteiger partial charge in [-0.15, -0.1) is 0 Å². The van der Waals surface area contributed by atoms with E-state index in [2.05, 4.69) is 40.9 Å².